The Labute approximate surface area is 248 Å². The number of carboxylic acids is 1. The van der Waals surface area contributed by atoms with Gasteiger partial charge in [-0.15, -0.1) is 0 Å². The van der Waals surface area contributed by atoms with Gasteiger partial charge in [0.2, 0.25) is 0 Å². The van der Waals surface area contributed by atoms with Gasteiger partial charge in [0, 0.05) is 36.4 Å². The molecule has 0 amide bonds. The molecule has 3 fully saturated rings. The molecule has 2 unspecified atom stereocenters. The molecule has 2 bridgehead atoms. The van der Waals surface area contributed by atoms with E-state index in [-0.39, 0.29) is 29.7 Å². The van der Waals surface area contributed by atoms with Crippen molar-refractivity contribution >= 4 is 61.8 Å². The van der Waals surface area contributed by atoms with Gasteiger partial charge in [0.25, 0.3) is 0 Å². The van der Waals surface area contributed by atoms with Crippen molar-refractivity contribution in [1.29, 1.82) is 0 Å². The minimum absolute atomic E-state index is 0.135. The van der Waals surface area contributed by atoms with Crippen LogP contribution in [0, 0.1) is 0 Å². The number of anilines is 1. The number of halogens is 2. The highest BCUT2D eigenvalue weighted by Crippen LogP contribution is 2.48. The number of carbonyl (C=O) groups is 2. The van der Waals surface area contributed by atoms with Crippen LogP contribution in [-0.2, 0) is 4.74 Å². The van der Waals surface area contributed by atoms with Gasteiger partial charge in [-0.25, -0.2) is 14.6 Å². The van der Waals surface area contributed by atoms with E-state index in [0.29, 0.717) is 56.7 Å². The van der Waals surface area contributed by atoms with E-state index in [9.17, 15) is 14.7 Å². The molecule has 3 aliphatic rings. The lowest BCUT2D eigenvalue weighted by Crippen LogP contribution is -2.46. The summed E-state index contributed by atoms with van der Waals surface area (Å²) in [4.78, 5) is 32.5. The van der Waals surface area contributed by atoms with Crippen molar-refractivity contribution in [2.45, 2.75) is 62.6 Å². The largest absolute Gasteiger partial charge is 0.494 e. The maximum absolute atomic E-state index is 13.7. The van der Waals surface area contributed by atoms with E-state index in [1.165, 1.54) is 24.5 Å². The minimum Gasteiger partial charge on any atom is -0.494 e. The molecule has 2 aromatic carbocycles. The highest BCUT2D eigenvalue weighted by atomic mass is 35.5. The third-order valence-electron chi connectivity index (χ3n) is 8.17. The first-order valence-electron chi connectivity index (χ1n) is 13.5. The van der Waals surface area contributed by atoms with Crippen LogP contribution in [0.15, 0.2) is 34.9 Å². The van der Waals surface area contributed by atoms with E-state index in [2.05, 4.69) is 10.1 Å². The highest BCUT2D eigenvalue weighted by molar-refractivity contribution is 7.22. The quantitative estimate of drug-likeness (QED) is 0.216. The van der Waals surface area contributed by atoms with Gasteiger partial charge in [-0.2, -0.15) is 0 Å². The van der Waals surface area contributed by atoms with Gasteiger partial charge in [-0.3, -0.25) is 0 Å². The summed E-state index contributed by atoms with van der Waals surface area (Å²) in [5.74, 6) is -0.377. The van der Waals surface area contributed by atoms with E-state index in [1.807, 2.05) is 0 Å². The Balaban J connectivity index is 1.14. The molecule has 0 spiro atoms. The van der Waals surface area contributed by atoms with Gasteiger partial charge in [-0.1, -0.05) is 45.8 Å². The Morgan fingerprint density at radius 2 is 1.80 bits per heavy atom. The molecular weight excluding hydrogens is 589 g/mol. The number of hydrogen-bond donors (Lipinski definition) is 1. The Hall–Kier alpha value is -3.34. The number of methoxy groups -OCH3 is 1. The molecule has 4 aromatic rings. The summed E-state index contributed by atoms with van der Waals surface area (Å²) in [7, 11) is 1.51. The Morgan fingerprint density at radius 1 is 1.10 bits per heavy atom. The number of carboxylic acid groups (broad SMARTS) is 1. The van der Waals surface area contributed by atoms with Crippen LogP contribution >= 0.6 is 34.5 Å². The van der Waals surface area contributed by atoms with Crippen molar-refractivity contribution in [3.63, 3.8) is 0 Å². The fraction of sp³-hybridized carbons (Fsp3) is 0.379. The van der Waals surface area contributed by atoms with E-state index in [4.69, 9.17) is 42.2 Å². The second-order valence-electron chi connectivity index (χ2n) is 10.8. The first-order chi connectivity index (χ1) is 19.8. The molecule has 41 heavy (non-hydrogen) atoms. The average Bonchev–Trinajstić information content (AvgIpc) is 3.44. The summed E-state index contributed by atoms with van der Waals surface area (Å²) in [5, 5.41) is 15.3. The van der Waals surface area contributed by atoms with Crippen molar-refractivity contribution in [3.05, 3.63) is 57.3 Å². The average molecular weight is 615 g/mol. The van der Waals surface area contributed by atoms with Crippen molar-refractivity contribution < 1.29 is 28.7 Å². The van der Waals surface area contributed by atoms with Crippen LogP contribution in [0.4, 0.5) is 5.13 Å². The molecule has 212 valence electrons. The molecule has 2 aromatic heterocycles. The maximum Gasteiger partial charge on any atom is 0.344 e. The monoisotopic (exact) mass is 613 g/mol. The molecule has 12 heteroatoms. The molecule has 9 nitrogen and oxygen atoms in total. The zero-order chi connectivity index (χ0) is 28.4. The van der Waals surface area contributed by atoms with Gasteiger partial charge >= 0.3 is 11.9 Å². The zero-order valence-corrected chi connectivity index (χ0v) is 24.3. The summed E-state index contributed by atoms with van der Waals surface area (Å²) in [6.45, 7) is 0. The van der Waals surface area contributed by atoms with E-state index >= 15 is 0 Å². The Kier molecular flexibility index (Phi) is 6.59. The maximum atomic E-state index is 13.7. The number of aromatic nitrogens is 2. The first kappa shape index (κ1) is 26.6. The van der Waals surface area contributed by atoms with Gasteiger partial charge in [0.15, 0.2) is 10.9 Å². The third kappa shape index (κ3) is 4.62. The normalized spacial score (nSPS) is 21.8. The SMILES string of the molecule is COc1cc(C(=O)O)cc2sc(N3C4CCC3CC(OC(=O)c3c(-c5c(Cl)cccc5Cl)noc3C3CC3)C4)nc12. The fourth-order valence-corrected chi connectivity index (χ4v) is 7.88. The summed E-state index contributed by atoms with van der Waals surface area (Å²) < 4.78 is 18.0. The van der Waals surface area contributed by atoms with Crippen LogP contribution in [-0.4, -0.2) is 52.5 Å². The number of carbonyl (C=O) groups excluding carboxylic acids is 1. The van der Waals surface area contributed by atoms with Crippen LogP contribution in [0.2, 0.25) is 10.0 Å². The molecule has 1 aliphatic carbocycles. The number of thiazole rings is 1. The molecule has 7 rings (SSSR count). The van der Waals surface area contributed by atoms with Crippen molar-refractivity contribution in [2.75, 3.05) is 12.0 Å². The zero-order valence-electron chi connectivity index (χ0n) is 21.9. The fourth-order valence-electron chi connectivity index (χ4n) is 6.14. The van der Waals surface area contributed by atoms with Crippen LogP contribution in [0.25, 0.3) is 21.5 Å². The topological polar surface area (TPSA) is 115 Å². The number of hydrogen-bond acceptors (Lipinski definition) is 9. The van der Waals surface area contributed by atoms with Crippen molar-refractivity contribution in [2.24, 2.45) is 0 Å². The van der Waals surface area contributed by atoms with Gasteiger partial charge in [-0.05, 0) is 49.9 Å². The smallest absolute Gasteiger partial charge is 0.344 e. The Bertz CT molecular complexity index is 1660. The third-order valence-corrected chi connectivity index (χ3v) is 9.82. The number of ether oxygens (including phenoxy) is 2. The summed E-state index contributed by atoms with van der Waals surface area (Å²) in [5.41, 5.74) is 1.90. The molecule has 2 atom stereocenters. The predicted octanol–water partition coefficient (Wildman–Crippen LogP) is 7.20. The number of piperidine rings is 1. The molecule has 1 N–H and O–H groups in total. The standard InChI is InChI=1S/C29H25Cl2N3O6S/c1-38-20-9-14(27(35)36)10-21-24(20)32-29(41-21)34-15-7-8-16(34)12-17(11-15)39-28(37)23-25(33-40-26(23)13-5-6-13)22-18(30)3-2-4-19(22)31/h2-4,9-10,13,15-17H,5-8,11-12H2,1H3,(H,35,36). The number of fused-ring (bicyclic) bond motifs is 3. The van der Waals surface area contributed by atoms with Gasteiger partial charge in [0.1, 0.15) is 28.6 Å². The predicted molar refractivity (Wildman–Crippen MR) is 155 cm³/mol. The van der Waals surface area contributed by atoms with E-state index in [0.717, 1.165) is 35.5 Å². The number of esters is 1. The lowest BCUT2D eigenvalue weighted by atomic mass is 9.99. The molecule has 1 saturated carbocycles. The van der Waals surface area contributed by atoms with Crippen LogP contribution in [0.3, 0.4) is 0 Å². The number of aromatic carboxylic acids is 1. The van der Waals surface area contributed by atoms with Crippen molar-refractivity contribution in [1.82, 2.24) is 10.1 Å². The van der Waals surface area contributed by atoms with Crippen LogP contribution in [0.5, 0.6) is 5.75 Å². The van der Waals surface area contributed by atoms with Gasteiger partial charge in [0.05, 0.1) is 27.4 Å². The first-order valence-corrected chi connectivity index (χ1v) is 15.0. The van der Waals surface area contributed by atoms with Gasteiger partial charge < -0.3 is 24.0 Å². The molecule has 4 heterocycles. The molecule has 0 radical (unpaired) electrons. The van der Waals surface area contributed by atoms with E-state index < -0.39 is 11.9 Å². The van der Waals surface area contributed by atoms with Crippen LogP contribution in [0.1, 0.15) is 70.9 Å². The summed E-state index contributed by atoms with van der Waals surface area (Å²) in [6, 6.07) is 8.56. The van der Waals surface area contributed by atoms with E-state index in [1.54, 1.807) is 24.3 Å². The Morgan fingerprint density at radius 3 is 2.44 bits per heavy atom. The molecule has 2 saturated heterocycles. The summed E-state index contributed by atoms with van der Waals surface area (Å²) >= 11 is 14.4. The van der Waals surface area contributed by atoms with Crippen LogP contribution < -0.4 is 9.64 Å². The second-order valence-corrected chi connectivity index (χ2v) is 12.6. The van der Waals surface area contributed by atoms with Crippen molar-refractivity contribution in [3.8, 4) is 17.0 Å². The second kappa shape index (κ2) is 10.2. The lowest BCUT2D eigenvalue weighted by Gasteiger charge is -2.38. The number of benzene rings is 2. The minimum atomic E-state index is -1.01. The number of rotatable bonds is 7. The number of nitrogens with zero attached hydrogens (tertiary/aromatic N) is 3. The lowest BCUT2D eigenvalue weighted by molar-refractivity contribution is 0.0202. The summed E-state index contributed by atoms with van der Waals surface area (Å²) in [6.07, 6.45) is 4.78. The molecule has 2 aliphatic heterocycles. The highest BCUT2D eigenvalue weighted by Gasteiger charge is 2.45. The molecular formula is C29H25Cl2N3O6S.